The lowest BCUT2D eigenvalue weighted by Gasteiger charge is -2.45. The minimum Gasteiger partial charge on any atom is -0.462 e. The zero-order valence-corrected chi connectivity index (χ0v) is 16.9. The van der Waals surface area contributed by atoms with E-state index in [1.807, 2.05) is 24.5 Å². The summed E-state index contributed by atoms with van der Waals surface area (Å²) >= 11 is 0. The number of esters is 1. The summed E-state index contributed by atoms with van der Waals surface area (Å²) in [6.07, 6.45) is 16.2. The summed E-state index contributed by atoms with van der Waals surface area (Å²) in [7, 11) is 0. The number of hydrogen-bond acceptors (Lipinski definition) is 4. The van der Waals surface area contributed by atoms with Gasteiger partial charge in [0.25, 0.3) is 0 Å². The number of allylic oxidation sites excluding steroid dienone is 1. The molecule has 2 saturated carbocycles. The molecule has 5 rings (SSSR count). The van der Waals surface area contributed by atoms with Crippen molar-refractivity contribution in [1.29, 1.82) is 0 Å². The van der Waals surface area contributed by atoms with Gasteiger partial charge in [-0.15, -0.1) is 0 Å². The van der Waals surface area contributed by atoms with Crippen LogP contribution in [0.3, 0.4) is 0 Å². The molecule has 4 nitrogen and oxygen atoms in total. The molecule has 150 valence electrons. The lowest BCUT2D eigenvalue weighted by molar-refractivity contribution is -0.144. The van der Waals surface area contributed by atoms with Crippen LogP contribution in [-0.2, 0) is 9.53 Å². The molecule has 3 aliphatic rings. The molecule has 0 spiro atoms. The number of carbonyl (C=O) groups excluding carboxylic acids is 1. The van der Waals surface area contributed by atoms with Crippen LogP contribution in [0.5, 0.6) is 0 Å². The Labute approximate surface area is 172 Å². The zero-order valence-electron chi connectivity index (χ0n) is 16.9. The highest BCUT2D eigenvalue weighted by molar-refractivity contribution is 5.75. The number of cyclic esters (lactones) is 1. The molecule has 3 heterocycles. The molecule has 29 heavy (non-hydrogen) atoms. The van der Waals surface area contributed by atoms with Gasteiger partial charge in [0, 0.05) is 35.6 Å². The summed E-state index contributed by atoms with van der Waals surface area (Å²) in [5.41, 5.74) is 3.11. The summed E-state index contributed by atoms with van der Waals surface area (Å²) < 4.78 is 5.67. The highest BCUT2D eigenvalue weighted by Gasteiger charge is 2.53. The van der Waals surface area contributed by atoms with Crippen molar-refractivity contribution in [2.45, 2.75) is 45.1 Å². The van der Waals surface area contributed by atoms with E-state index in [4.69, 9.17) is 4.74 Å². The van der Waals surface area contributed by atoms with Gasteiger partial charge < -0.3 is 4.74 Å². The van der Waals surface area contributed by atoms with Crippen LogP contribution < -0.4 is 0 Å². The topological polar surface area (TPSA) is 52.1 Å². The zero-order chi connectivity index (χ0) is 19.8. The normalized spacial score (nSPS) is 33.9. The van der Waals surface area contributed by atoms with Crippen LogP contribution in [0.2, 0.25) is 0 Å². The van der Waals surface area contributed by atoms with E-state index in [1.165, 1.54) is 25.7 Å². The number of hydrogen-bond donors (Lipinski definition) is 0. The van der Waals surface area contributed by atoms with Gasteiger partial charge in [-0.25, -0.2) is 0 Å². The number of fused-ring (bicyclic) bond motifs is 2. The van der Waals surface area contributed by atoms with Crippen LogP contribution in [0.4, 0.5) is 0 Å². The van der Waals surface area contributed by atoms with Crippen LogP contribution >= 0.6 is 0 Å². The van der Waals surface area contributed by atoms with Crippen LogP contribution in [0.1, 0.15) is 44.7 Å². The Bertz CT molecular complexity index is 893. The van der Waals surface area contributed by atoms with Gasteiger partial charge in [0.1, 0.15) is 6.10 Å². The Hall–Kier alpha value is -2.49. The lowest BCUT2D eigenvalue weighted by Crippen LogP contribution is -2.42. The second-order valence-electron chi connectivity index (χ2n) is 8.92. The molecule has 4 heteroatoms. The Morgan fingerprint density at radius 3 is 2.76 bits per heavy atom. The molecule has 0 amide bonds. The molecule has 3 fully saturated rings. The Balaban J connectivity index is 1.39. The predicted molar refractivity (Wildman–Crippen MR) is 113 cm³/mol. The molecule has 0 unspecified atom stereocenters. The van der Waals surface area contributed by atoms with Crippen LogP contribution in [0, 0.1) is 29.6 Å². The third-order valence-corrected chi connectivity index (χ3v) is 7.35. The largest absolute Gasteiger partial charge is 0.462 e. The monoisotopic (exact) mass is 388 g/mol. The molecular formula is C25H28N2O2. The van der Waals surface area contributed by atoms with Crippen molar-refractivity contribution in [3.05, 3.63) is 54.6 Å². The van der Waals surface area contributed by atoms with E-state index in [0.717, 1.165) is 23.2 Å². The second-order valence-corrected chi connectivity index (χ2v) is 8.92. The first-order valence-corrected chi connectivity index (χ1v) is 11.0. The summed E-state index contributed by atoms with van der Waals surface area (Å²) in [6, 6.07) is 8.15. The average molecular weight is 389 g/mol. The Kier molecular flexibility index (Phi) is 4.94. The molecule has 0 aromatic carbocycles. The van der Waals surface area contributed by atoms with E-state index in [9.17, 15) is 4.79 Å². The summed E-state index contributed by atoms with van der Waals surface area (Å²) in [6.45, 7) is 2.08. The first-order valence-electron chi connectivity index (χ1n) is 11.0. The fourth-order valence-corrected chi connectivity index (χ4v) is 6.00. The van der Waals surface area contributed by atoms with Crippen LogP contribution in [-0.4, -0.2) is 22.0 Å². The number of rotatable bonds is 3. The summed E-state index contributed by atoms with van der Waals surface area (Å²) in [4.78, 5) is 21.3. The van der Waals surface area contributed by atoms with Crippen molar-refractivity contribution in [3.8, 4) is 11.1 Å². The number of pyridine rings is 2. The molecule has 1 saturated heterocycles. The SMILES string of the molecule is C[C@H]1OC(=O)[C@@H]2C[C@@H]3CCCC[C@H]3[C@H](C=Cc3ccc(-c4cccnc4)cn3)[C@H]12. The number of ether oxygens (including phenoxy) is 1. The molecule has 0 bridgehead atoms. The van der Waals surface area contributed by atoms with Gasteiger partial charge in [-0.3, -0.25) is 14.8 Å². The van der Waals surface area contributed by atoms with Gasteiger partial charge in [-0.2, -0.15) is 0 Å². The summed E-state index contributed by atoms with van der Waals surface area (Å²) in [5, 5.41) is 0. The van der Waals surface area contributed by atoms with Crippen molar-refractivity contribution in [3.63, 3.8) is 0 Å². The highest BCUT2D eigenvalue weighted by Crippen LogP contribution is 2.53. The van der Waals surface area contributed by atoms with Gasteiger partial charge in [-0.05, 0) is 55.7 Å². The smallest absolute Gasteiger partial charge is 0.309 e. The van der Waals surface area contributed by atoms with E-state index < -0.39 is 0 Å². The van der Waals surface area contributed by atoms with Gasteiger partial charge >= 0.3 is 5.97 Å². The molecule has 2 aliphatic carbocycles. The molecule has 0 radical (unpaired) electrons. The van der Waals surface area contributed by atoms with Gasteiger partial charge in [0.05, 0.1) is 11.6 Å². The van der Waals surface area contributed by atoms with E-state index >= 15 is 0 Å². The van der Waals surface area contributed by atoms with Crippen molar-refractivity contribution < 1.29 is 9.53 Å². The Morgan fingerprint density at radius 1 is 1.10 bits per heavy atom. The van der Waals surface area contributed by atoms with Crippen molar-refractivity contribution in [1.82, 2.24) is 9.97 Å². The van der Waals surface area contributed by atoms with Crippen molar-refractivity contribution in [2.24, 2.45) is 29.6 Å². The maximum atomic E-state index is 12.4. The predicted octanol–water partition coefficient (Wildman–Crippen LogP) is 5.16. The number of nitrogens with zero attached hydrogens (tertiary/aromatic N) is 2. The van der Waals surface area contributed by atoms with E-state index in [2.05, 4.69) is 41.2 Å². The molecule has 6 atom stereocenters. The standard InChI is InChI=1S/C25H28N2O2/c1-16-24-22(21-7-3-2-5-17(21)13-23(24)25(28)29-16)11-10-20-9-8-19(15-27-20)18-6-4-12-26-14-18/h4,6,8-12,14-17,21-24H,2-3,5,7,13H2,1H3/t16-,17+,21-,22+,23-,24+/m1/s1. The summed E-state index contributed by atoms with van der Waals surface area (Å²) in [5.74, 6) is 2.17. The fourth-order valence-electron chi connectivity index (χ4n) is 6.00. The minimum atomic E-state index is 0.0194. The molecule has 0 N–H and O–H groups in total. The van der Waals surface area contributed by atoms with Crippen molar-refractivity contribution in [2.75, 3.05) is 0 Å². The Morgan fingerprint density at radius 2 is 1.97 bits per heavy atom. The van der Waals surface area contributed by atoms with Crippen LogP contribution in [0.15, 0.2) is 48.9 Å². The van der Waals surface area contributed by atoms with Crippen LogP contribution in [0.25, 0.3) is 17.2 Å². The molecule has 1 aliphatic heterocycles. The molecular weight excluding hydrogens is 360 g/mol. The third-order valence-electron chi connectivity index (χ3n) is 7.35. The first-order chi connectivity index (χ1) is 14.2. The van der Waals surface area contributed by atoms with E-state index in [-0.39, 0.29) is 18.0 Å². The molecule has 2 aromatic rings. The van der Waals surface area contributed by atoms with E-state index in [1.54, 1.807) is 6.20 Å². The first kappa shape index (κ1) is 18.5. The van der Waals surface area contributed by atoms with Crippen molar-refractivity contribution >= 4 is 12.0 Å². The third kappa shape index (κ3) is 3.50. The quantitative estimate of drug-likeness (QED) is 0.682. The van der Waals surface area contributed by atoms with Gasteiger partial charge in [0.15, 0.2) is 0 Å². The van der Waals surface area contributed by atoms with Gasteiger partial charge in [0.2, 0.25) is 0 Å². The second kappa shape index (κ2) is 7.74. The highest BCUT2D eigenvalue weighted by atomic mass is 16.6. The average Bonchev–Trinajstić information content (AvgIpc) is 3.05. The minimum absolute atomic E-state index is 0.0194. The maximum Gasteiger partial charge on any atom is 0.309 e. The van der Waals surface area contributed by atoms with Gasteiger partial charge in [-0.1, -0.05) is 37.5 Å². The number of aromatic nitrogens is 2. The fraction of sp³-hybridized carbons (Fsp3) is 0.480. The lowest BCUT2D eigenvalue weighted by atomic mass is 9.57. The van der Waals surface area contributed by atoms with E-state index in [0.29, 0.717) is 23.7 Å². The maximum absolute atomic E-state index is 12.4. The number of carbonyl (C=O) groups is 1. The molecule has 2 aromatic heterocycles.